The highest BCUT2D eigenvalue weighted by Gasteiger charge is 2.22. The number of amides is 1. The maximum atomic E-state index is 12.4. The fourth-order valence-electron chi connectivity index (χ4n) is 2.53. The summed E-state index contributed by atoms with van der Waals surface area (Å²) in [7, 11) is -3.66. The molecule has 0 aliphatic carbocycles. The number of halogens is 1. The number of sulfonamides is 1. The van der Waals surface area contributed by atoms with E-state index >= 15 is 0 Å². The minimum atomic E-state index is -3.66. The molecule has 1 amide bonds. The zero-order valence-electron chi connectivity index (χ0n) is 15.5. The number of nitrogens with zero attached hydrogens (tertiary/aromatic N) is 1. The molecule has 0 spiro atoms. The molecule has 8 heteroatoms. The molecule has 0 aromatic heterocycles. The van der Waals surface area contributed by atoms with E-state index in [-0.39, 0.29) is 13.1 Å². The van der Waals surface area contributed by atoms with Crippen LogP contribution in [0.1, 0.15) is 18.1 Å². The third-order valence-electron chi connectivity index (χ3n) is 3.83. The first-order valence-corrected chi connectivity index (χ1v) is 10.7. The van der Waals surface area contributed by atoms with Crippen molar-refractivity contribution in [3.8, 4) is 5.75 Å². The van der Waals surface area contributed by atoms with Crippen molar-refractivity contribution in [2.75, 3.05) is 23.7 Å². The molecular formula is C19H23ClN2O4S. The molecule has 0 aliphatic heterocycles. The highest BCUT2D eigenvalue weighted by Crippen LogP contribution is 2.26. The van der Waals surface area contributed by atoms with Crippen molar-refractivity contribution < 1.29 is 17.9 Å². The molecule has 0 saturated heterocycles. The van der Waals surface area contributed by atoms with E-state index in [1.807, 2.05) is 31.2 Å². The van der Waals surface area contributed by atoms with Gasteiger partial charge in [-0.05, 0) is 49.2 Å². The fourth-order valence-corrected chi connectivity index (χ4v) is 3.60. The molecule has 27 heavy (non-hydrogen) atoms. The lowest BCUT2D eigenvalue weighted by Crippen LogP contribution is -2.40. The lowest BCUT2D eigenvalue weighted by atomic mass is 10.2. The highest BCUT2D eigenvalue weighted by atomic mass is 35.5. The molecule has 146 valence electrons. The summed E-state index contributed by atoms with van der Waals surface area (Å²) in [5, 5.41) is 3.14. The number of anilines is 1. The van der Waals surface area contributed by atoms with Crippen molar-refractivity contribution >= 4 is 33.2 Å². The smallest absolute Gasteiger partial charge is 0.241 e. The van der Waals surface area contributed by atoms with Crippen LogP contribution in [0.25, 0.3) is 0 Å². The standard InChI is InChI=1S/C19H23ClN2O4S/c1-4-26-17-7-5-6-15(10-17)12-21-19(23)13-22(27(3,24)25)18-11-16(20)9-8-14(18)2/h5-11H,4,12-13H2,1-3H3,(H,21,23). The maximum absolute atomic E-state index is 12.4. The fraction of sp³-hybridized carbons (Fsp3) is 0.316. The second-order valence-electron chi connectivity index (χ2n) is 6.06. The van der Waals surface area contributed by atoms with Crippen molar-refractivity contribution in [2.45, 2.75) is 20.4 Å². The molecule has 0 aliphatic rings. The second-order valence-corrected chi connectivity index (χ2v) is 8.40. The summed E-state index contributed by atoms with van der Waals surface area (Å²) < 4.78 is 30.9. The summed E-state index contributed by atoms with van der Waals surface area (Å²) >= 11 is 6.00. The van der Waals surface area contributed by atoms with Gasteiger partial charge in [0.25, 0.3) is 0 Å². The molecule has 2 aromatic carbocycles. The van der Waals surface area contributed by atoms with Gasteiger partial charge in [0.05, 0.1) is 18.6 Å². The Morgan fingerprint density at radius 3 is 2.63 bits per heavy atom. The molecule has 0 bridgehead atoms. The lowest BCUT2D eigenvalue weighted by Gasteiger charge is -2.24. The number of rotatable bonds is 8. The van der Waals surface area contributed by atoms with Crippen molar-refractivity contribution in [1.29, 1.82) is 0 Å². The van der Waals surface area contributed by atoms with Crippen LogP contribution in [0.5, 0.6) is 5.75 Å². The molecule has 0 atom stereocenters. The number of nitrogens with one attached hydrogen (secondary N) is 1. The molecule has 0 saturated carbocycles. The minimum Gasteiger partial charge on any atom is -0.494 e. The molecule has 2 rings (SSSR count). The van der Waals surface area contributed by atoms with E-state index in [0.717, 1.165) is 21.9 Å². The van der Waals surface area contributed by atoms with E-state index in [2.05, 4.69) is 5.32 Å². The predicted octanol–water partition coefficient (Wildman–Crippen LogP) is 3.13. The van der Waals surface area contributed by atoms with Crippen LogP contribution >= 0.6 is 11.6 Å². The Morgan fingerprint density at radius 2 is 1.96 bits per heavy atom. The van der Waals surface area contributed by atoms with Gasteiger partial charge in [-0.3, -0.25) is 9.10 Å². The molecular weight excluding hydrogens is 388 g/mol. The first-order chi connectivity index (χ1) is 12.7. The van der Waals surface area contributed by atoms with E-state index in [0.29, 0.717) is 22.9 Å². The number of ether oxygens (including phenoxy) is 1. The average molecular weight is 411 g/mol. The minimum absolute atomic E-state index is 0.270. The summed E-state index contributed by atoms with van der Waals surface area (Å²) in [5.41, 5.74) is 1.96. The number of aryl methyl sites for hydroxylation is 1. The average Bonchev–Trinajstić information content (AvgIpc) is 2.60. The quantitative estimate of drug-likeness (QED) is 0.725. The van der Waals surface area contributed by atoms with Crippen LogP contribution in [0, 0.1) is 6.92 Å². The van der Waals surface area contributed by atoms with Gasteiger partial charge >= 0.3 is 0 Å². The monoisotopic (exact) mass is 410 g/mol. The number of hydrogen-bond acceptors (Lipinski definition) is 4. The van der Waals surface area contributed by atoms with E-state index < -0.39 is 15.9 Å². The molecule has 0 fully saturated rings. The van der Waals surface area contributed by atoms with Gasteiger partial charge in [-0.1, -0.05) is 29.8 Å². The van der Waals surface area contributed by atoms with Crippen LogP contribution in [0.4, 0.5) is 5.69 Å². The molecule has 0 unspecified atom stereocenters. The predicted molar refractivity (Wildman–Crippen MR) is 108 cm³/mol. The second kappa shape index (κ2) is 9.10. The Labute approximate surface area is 165 Å². The molecule has 1 N–H and O–H groups in total. The van der Waals surface area contributed by atoms with Gasteiger partial charge in [-0.15, -0.1) is 0 Å². The Bertz CT molecular complexity index is 916. The van der Waals surface area contributed by atoms with E-state index in [1.54, 1.807) is 19.1 Å². The van der Waals surface area contributed by atoms with Gasteiger partial charge in [0.2, 0.25) is 15.9 Å². The Kier molecular flexibility index (Phi) is 7.10. The van der Waals surface area contributed by atoms with Crippen molar-refractivity contribution in [3.63, 3.8) is 0 Å². The Morgan fingerprint density at radius 1 is 1.22 bits per heavy atom. The zero-order valence-corrected chi connectivity index (χ0v) is 17.1. The Balaban J connectivity index is 2.11. The number of carbonyl (C=O) groups excluding carboxylic acids is 1. The first-order valence-electron chi connectivity index (χ1n) is 8.43. The topological polar surface area (TPSA) is 75.7 Å². The van der Waals surface area contributed by atoms with Crippen LogP contribution in [0.2, 0.25) is 5.02 Å². The van der Waals surface area contributed by atoms with E-state index in [1.165, 1.54) is 6.07 Å². The summed E-state index contributed by atoms with van der Waals surface area (Å²) in [6.45, 7) is 4.15. The van der Waals surface area contributed by atoms with E-state index in [4.69, 9.17) is 16.3 Å². The van der Waals surface area contributed by atoms with Gasteiger partial charge in [0.15, 0.2) is 0 Å². The normalized spacial score (nSPS) is 11.1. The van der Waals surface area contributed by atoms with Crippen molar-refractivity contribution in [1.82, 2.24) is 5.32 Å². The van der Waals surface area contributed by atoms with Crippen LogP contribution in [-0.4, -0.2) is 33.7 Å². The van der Waals surface area contributed by atoms with Crippen LogP contribution < -0.4 is 14.4 Å². The van der Waals surface area contributed by atoms with Crippen LogP contribution in [-0.2, 0) is 21.4 Å². The van der Waals surface area contributed by atoms with Gasteiger partial charge in [-0.2, -0.15) is 0 Å². The molecule has 0 heterocycles. The van der Waals surface area contributed by atoms with Crippen molar-refractivity contribution in [3.05, 3.63) is 58.6 Å². The third-order valence-corrected chi connectivity index (χ3v) is 5.19. The zero-order chi connectivity index (χ0) is 20.0. The number of carbonyl (C=O) groups is 1. The van der Waals surface area contributed by atoms with Gasteiger partial charge in [-0.25, -0.2) is 8.42 Å². The Hall–Kier alpha value is -2.25. The van der Waals surface area contributed by atoms with Gasteiger partial charge < -0.3 is 10.1 Å². The van der Waals surface area contributed by atoms with Crippen molar-refractivity contribution in [2.24, 2.45) is 0 Å². The lowest BCUT2D eigenvalue weighted by molar-refractivity contribution is -0.119. The summed E-state index contributed by atoms with van der Waals surface area (Å²) in [4.78, 5) is 12.4. The van der Waals surface area contributed by atoms with Crippen LogP contribution in [0.3, 0.4) is 0 Å². The molecule has 0 radical (unpaired) electrons. The number of benzene rings is 2. The summed E-state index contributed by atoms with van der Waals surface area (Å²) in [6.07, 6.45) is 1.06. The maximum Gasteiger partial charge on any atom is 0.241 e. The summed E-state index contributed by atoms with van der Waals surface area (Å²) in [5.74, 6) is 0.304. The van der Waals surface area contributed by atoms with E-state index in [9.17, 15) is 13.2 Å². The third kappa shape index (κ3) is 6.15. The number of hydrogen-bond donors (Lipinski definition) is 1. The van der Waals surface area contributed by atoms with Crippen LogP contribution in [0.15, 0.2) is 42.5 Å². The first kappa shape index (κ1) is 21.1. The SMILES string of the molecule is CCOc1cccc(CNC(=O)CN(c2cc(Cl)ccc2C)S(C)(=O)=O)c1. The molecule has 6 nitrogen and oxygen atoms in total. The largest absolute Gasteiger partial charge is 0.494 e. The summed E-state index contributed by atoms with van der Waals surface area (Å²) in [6, 6.07) is 12.3. The van der Waals surface area contributed by atoms with Gasteiger partial charge in [0, 0.05) is 11.6 Å². The highest BCUT2D eigenvalue weighted by molar-refractivity contribution is 7.92. The van der Waals surface area contributed by atoms with Gasteiger partial charge in [0.1, 0.15) is 12.3 Å². The molecule has 2 aromatic rings.